The Bertz CT molecular complexity index is 571. The number of nitrogens with one attached hydrogen (secondary N) is 1. The molecule has 0 saturated heterocycles. The van der Waals surface area contributed by atoms with E-state index in [1.807, 2.05) is 19.1 Å². The van der Waals surface area contributed by atoms with Crippen LogP contribution in [0.2, 0.25) is 0 Å². The maximum Gasteiger partial charge on any atom is 0.240 e. The zero-order valence-corrected chi connectivity index (χ0v) is 14.4. The van der Waals surface area contributed by atoms with E-state index in [-0.39, 0.29) is 0 Å². The van der Waals surface area contributed by atoms with Gasteiger partial charge in [-0.3, -0.25) is 0 Å². The highest BCUT2D eigenvalue weighted by Crippen LogP contribution is 2.28. The Hall–Kier alpha value is -0.390. The first-order valence-corrected chi connectivity index (χ1v) is 9.42. The topological polar surface area (TPSA) is 46.2 Å². The Morgan fingerprint density at radius 3 is 2.80 bits per heavy atom. The molecule has 2 atom stereocenters. The number of rotatable bonds is 4. The van der Waals surface area contributed by atoms with Gasteiger partial charge < -0.3 is 0 Å². The molecule has 0 bridgehead atoms. The summed E-state index contributed by atoms with van der Waals surface area (Å²) in [5.74, 6) is 1.19. The lowest BCUT2D eigenvalue weighted by Gasteiger charge is -2.26. The van der Waals surface area contributed by atoms with E-state index < -0.39 is 10.0 Å². The van der Waals surface area contributed by atoms with Gasteiger partial charge in [0.25, 0.3) is 0 Å². The molecule has 3 nitrogen and oxygen atoms in total. The average Bonchev–Trinajstić information content (AvgIpc) is 2.39. The maximum absolute atomic E-state index is 12.4. The van der Waals surface area contributed by atoms with Gasteiger partial charge in [-0.2, -0.15) is 0 Å². The zero-order chi connectivity index (χ0) is 14.8. The first kappa shape index (κ1) is 16.0. The number of halogens is 1. The van der Waals surface area contributed by atoms with E-state index in [4.69, 9.17) is 0 Å². The van der Waals surface area contributed by atoms with Crippen LogP contribution in [0.1, 0.15) is 38.2 Å². The Kier molecular flexibility index (Phi) is 5.26. The van der Waals surface area contributed by atoms with Crippen molar-refractivity contribution >= 4 is 26.0 Å². The lowest BCUT2D eigenvalue weighted by molar-refractivity contribution is 0.283. The van der Waals surface area contributed by atoms with Crippen molar-refractivity contribution in [2.75, 3.05) is 6.54 Å². The predicted molar refractivity (Wildman–Crippen MR) is 85.2 cm³/mol. The van der Waals surface area contributed by atoms with Crippen LogP contribution in [0.15, 0.2) is 27.6 Å². The summed E-state index contributed by atoms with van der Waals surface area (Å²) in [6, 6.07) is 5.35. The molecule has 1 aliphatic carbocycles. The van der Waals surface area contributed by atoms with Gasteiger partial charge in [-0.15, -0.1) is 0 Å². The van der Waals surface area contributed by atoms with Crippen LogP contribution in [0.3, 0.4) is 0 Å². The first-order chi connectivity index (χ1) is 9.38. The van der Waals surface area contributed by atoms with E-state index in [9.17, 15) is 8.42 Å². The summed E-state index contributed by atoms with van der Waals surface area (Å²) >= 11 is 3.33. The molecule has 1 N–H and O–H groups in total. The van der Waals surface area contributed by atoms with Crippen LogP contribution in [-0.4, -0.2) is 15.0 Å². The molecular formula is C15H22BrNO2S. The fourth-order valence-electron chi connectivity index (χ4n) is 2.91. The van der Waals surface area contributed by atoms with Crippen molar-refractivity contribution in [3.05, 3.63) is 28.2 Å². The Morgan fingerprint density at radius 1 is 1.35 bits per heavy atom. The third-order valence-corrected chi connectivity index (χ3v) is 6.11. The van der Waals surface area contributed by atoms with Crippen LogP contribution in [0.25, 0.3) is 0 Å². The SMILES string of the molecule is Cc1ccc(Br)cc1S(=O)(=O)NCC1CCCC(C)C1. The van der Waals surface area contributed by atoms with Gasteiger partial charge >= 0.3 is 0 Å². The Labute approximate surface area is 130 Å². The molecule has 2 unspecified atom stereocenters. The zero-order valence-electron chi connectivity index (χ0n) is 12.0. The van der Waals surface area contributed by atoms with E-state index in [1.54, 1.807) is 6.07 Å². The molecule has 0 radical (unpaired) electrons. The highest BCUT2D eigenvalue weighted by Gasteiger charge is 2.22. The van der Waals surface area contributed by atoms with Crippen LogP contribution < -0.4 is 4.72 Å². The fraction of sp³-hybridized carbons (Fsp3) is 0.600. The van der Waals surface area contributed by atoms with Crippen LogP contribution in [0.4, 0.5) is 0 Å². The maximum atomic E-state index is 12.4. The van der Waals surface area contributed by atoms with Crippen LogP contribution in [0, 0.1) is 18.8 Å². The summed E-state index contributed by atoms with van der Waals surface area (Å²) in [7, 11) is -3.41. The average molecular weight is 360 g/mol. The minimum absolute atomic E-state index is 0.371. The summed E-state index contributed by atoms with van der Waals surface area (Å²) in [4.78, 5) is 0.371. The molecule has 1 aliphatic rings. The number of sulfonamides is 1. The molecule has 0 heterocycles. The molecule has 1 saturated carbocycles. The molecule has 1 aromatic rings. The highest BCUT2D eigenvalue weighted by molar-refractivity contribution is 9.10. The summed E-state index contributed by atoms with van der Waals surface area (Å²) in [5.41, 5.74) is 0.776. The van der Waals surface area contributed by atoms with E-state index in [0.29, 0.717) is 23.3 Å². The predicted octanol–water partition coefficient (Wildman–Crippen LogP) is 3.86. The van der Waals surface area contributed by atoms with Gasteiger partial charge in [-0.1, -0.05) is 41.8 Å². The molecule has 0 aromatic heterocycles. The molecule has 5 heteroatoms. The number of hydrogen-bond donors (Lipinski definition) is 1. The minimum Gasteiger partial charge on any atom is -0.211 e. The highest BCUT2D eigenvalue weighted by atomic mass is 79.9. The van der Waals surface area contributed by atoms with Gasteiger partial charge in [-0.05, 0) is 49.3 Å². The smallest absolute Gasteiger partial charge is 0.211 e. The van der Waals surface area contributed by atoms with Gasteiger partial charge in [0, 0.05) is 11.0 Å². The fourth-order valence-corrected chi connectivity index (χ4v) is 4.81. The Balaban J connectivity index is 2.05. The number of aryl methyl sites for hydroxylation is 1. The second-order valence-corrected chi connectivity index (χ2v) is 8.55. The van der Waals surface area contributed by atoms with E-state index in [0.717, 1.165) is 22.9 Å². The molecule has 20 heavy (non-hydrogen) atoms. The quantitative estimate of drug-likeness (QED) is 0.886. The summed E-state index contributed by atoms with van der Waals surface area (Å²) in [5, 5.41) is 0. The van der Waals surface area contributed by atoms with Crippen LogP contribution in [0.5, 0.6) is 0 Å². The largest absolute Gasteiger partial charge is 0.240 e. The van der Waals surface area contributed by atoms with Crippen molar-refractivity contribution in [1.29, 1.82) is 0 Å². The van der Waals surface area contributed by atoms with Crippen molar-refractivity contribution < 1.29 is 8.42 Å². The van der Waals surface area contributed by atoms with Crippen molar-refractivity contribution in [2.24, 2.45) is 11.8 Å². The van der Waals surface area contributed by atoms with Crippen LogP contribution in [-0.2, 0) is 10.0 Å². The van der Waals surface area contributed by atoms with E-state index in [1.165, 1.54) is 12.8 Å². The molecule has 2 rings (SSSR count). The normalized spacial score (nSPS) is 23.8. The van der Waals surface area contributed by atoms with Crippen molar-refractivity contribution in [1.82, 2.24) is 4.72 Å². The third kappa shape index (κ3) is 4.06. The molecule has 0 spiro atoms. The minimum atomic E-state index is -3.41. The molecule has 0 aliphatic heterocycles. The van der Waals surface area contributed by atoms with Gasteiger partial charge in [0.1, 0.15) is 0 Å². The third-order valence-electron chi connectivity index (χ3n) is 4.05. The summed E-state index contributed by atoms with van der Waals surface area (Å²) in [6.07, 6.45) is 4.74. The molecule has 0 amide bonds. The van der Waals surface area contributed by atoms with Gasteiger partial charge in [-0.25, -0.2) is 13.1 Å². The first-order valence-electron chi connectivity index (χ1n) is 7.14. The van der Waals surface area contributed by atoms with Gasteiger partial charge in [0.2, 0.25) is 10.0 Å². The second-order valence-electron chi connectivity index (χ2n) is 5.90. The standard InChI is InChI=1S/C15H22BrNO2S/c1-11-4-3-5-13(8-11)10-17-20(18,19)15-9-14(16)7-6-12(15)2/h6-7,9,11,13,17H,3-5,8,10H2,1-2H3. The van der Waals surface area contributed by atoms with Gasteiger partial charge in [0.15, 0.2) is 0 Å². The van der Waals surface area contributed by atoms with Gasteiger partial charge in [0.05, 0.1) is 4.90 Å². The number of benzene rings is 1. The van der Waals surface area contributed by atoms with E-state index in [2.05, 4.69) is 27.6 Å². The second kappa shape index (κ2) is 6.58. The number of hydrogen-bond acceptors (Lipinski definition) is 2. The van der Waals surface area contributed by atoms with Crippen molar-refractivity contribution in [2.45, 2.75) is 44.4 Å². The lowest BCUT2D eigenvalue weighted by Crippen LogP contribution is -2.31. The monoisotopic (exact) mass is 359 g/mol. The molecule has 112 valence electrons. The molecule has 1 aromatic carbocycles. The summed E-state index contributed by atoms with van der Waals surface area (Å²) in [6.45, 7) is 4.63. The van der Waals surface area contributed by atoms with Crippen LogP contribution >= 0.6 is 15.9 Å². The Morgan fingerprint density at radius 2 is 2.10 bits per heavy atom. The summed E-state index contributed by atoms with van der Waals surface area (Å²) < 4.78 is 28.4. The van der Waals surface area contributed by atoms with Crippen molar-refractivity contribution in [3.8, 4) is 0 Å². The van der Waals surface area contributed by atoms with E-state index >= 15 is 0 Å². The van der Waals surface area contributed by atoms with Crippen molar-refractivity contribution in [3.63, 3.8) is 0 Å². The lowest BCUT2D eigenvalue weighted by atomic mass is 9.83. The molecular weight excluding hydrogens is 338 g/mol. The molecule has 1 fully saturated rings.